The van der Waals surface area contributed by atoms with E-state index in [2.05, 4.69) is 33.9 Å². The Balaban J connectivity index is 1.75. The van der Waals surface area contributed by atoms with Crippen LogP contribution in [0.15, 0.2) is 41.9 Å². The van der Waals surface area contributed by atoms with Crippen LogP contribution in [0.5, 0.6) is 0 Å². The first-order valence-corrected chi connectivity index (χ1v) is 8.45. The van der Waals surface area contributed by atoms with E-state index in [9.17, 15) is 0 Å². The molecule has 1 aliphatic rings. The Labute approximate surface area is 132 Å². The molecule has 1 aromatic carbocycles. The van der Waals surface area contributed by atoms with Crippen molar-refractivity contribution < 1.29 is 0 Å². The standard InChI is InChI=1S/C17H15ClN2S/c18-13-6-7-15(12-3-2-9-19-17(12)13)20-14-4-1-5-16-11(14)8-10-21-16/h2-3,6-10,14,20H,1,4-5H2. The van der Waals surface area contributed by atoms with Crippen LogP contribution in [-0.4, -0.2) is 4.98 Å². The fraction of sp³-hybridized carbons (Fsp3) is 0.235. The maximum absolute atomic E-state index is 6.25. The summed E-state index contributed by atoms with van der Waals surface area (Å²) in [5.74, 6) is 0. The molecular formula is C17H15ClN2S. The minimum atomic E-state index is 0.393. The van der Waals surface area contributed by atoms with Crippen LogP contribution in [0, 0.1) is 0 Å². The predicted octanol–water partition coefficient (Wildman–Crippen LogP) is 5.44. The third kappa shape index (κ3) is 2.30. The maximum Gasteiger partial charge on any atom is 0.0908 e. The van der Waals surface area contributed by atoms with Crippen LogP contribution in [0.4, 0.5) is 5.69 Å². The average molecular weight is 315 g/mol. The Kier molecular flexibility index (Phi) is 3.32. The van der Waals surface area contributed by atoms with E-state index in [-0.39, 0.29) is 0 Å². The highest BCUT2D eigenvalue weighted by atomic mass is 35.5. The molecule has 0 radical (unpaired) electrons. The van der Waals surface area contributed by atoms with Crippen molar-refractivity contribution in [2.75, 3.05) is 5.32 Å². The van der Waals surface area contributed by atoms with Gasteiger partial charge in [-0.15, -0.1) is 11.3 Å². The van der Waals surface area contributed by atoms with Crippen molar-refractivity contribution in [2.24, 2.45) is 0 Å². The minimum Gasteiger partial charge on any atom is -0.378 e. The Hall–Kier alpha value is -1.58. The zero-order valence-electron chi connectivity index (χ0n) is 11.5. The number of nitrogens with zero attached hydrogens (tertiary/aromatic N) is 1. The second-order valence-electron chi connectivity index (χ2n) is 5.38. The molecule has 2 heterocycles. The number of aryl methyl sites for hydroxylation is 1. The van der Waals surface area contributed by atoms with E-state index in [1.807, 2.05) is 23.5 Å². The summed E-state index contributed by atoms with van der Waals surface area (Å²) in [7, 11) is 0. The second-order valence-corrected chi connectivity index (χ2v) is 6.79. The van der Waals surface area contributed by atoms with Gasteiger partial charge in [0.15, 0.2) is 0 Å². The number of halogens is 1. The molecule has 1 unspecified atom stereocenters. The number of thiophene rings is 1. The van der Waals surface area contributed by atoms with Gasteiger partial charge in [0, 0.05) is 22.1 Å². The van der Waals surface area contributed by atoms with Gasteiger partial charge >= 0.3 is 0 Å². The third-order valence-electron chi connectivity index (χ3n) is 4.10. The fourth-order valence-electron chi connectivity index (χ4n) is 3.09. The number of rotatable bonds is 2. The zero-order valence-corrected chi connectivity index (χ0v) is 13.0. The molecule has 0 aliphatic heterocycles. The van der Waals surface area contributed by atoms with Crippen molar-refractivity contribution >= 4 is 39.5 Å². The summed E-state index contributed by atoms with van der Waals surface area (Å²) in [5, 5.41) is 7.70. The van der Waals surface area contributed by atoms with Gasteiger partial charge in [-0.1, -0.05) is 11.6 Å². The van der Waals surface area contributed by atoms with Gasteiger partial charge < -0.3 is 5.32 Å². The lowest BCUT2D eigenvalue weighted by atomic mass is 9.93. The molecule has 0 bridgehead atoms. The van der Waals surface area contributed by atoms with E-state index < -0.39 is 0 Å². The van der Waals surface area contributed by atoms with E-state index >= 15 is 0 Å². The first-order valence-electron chi connectivity index (χ1n) is 7.19. The number of anilines is 1. The van der Waals surface area contributed by atoms with Crippen molar-refractivity contribution in [3.63, 3.8) is 0 Å². The van der Waals surface area contributed by atoms with E-state index in [0.29, 0.717) is 11.1 Å². The Morgan fingerprint density at radius 3 is 3.14 bits per heavy atom. The number of fused-ring (bicyclic) bond motifs is 2. The molecule has 0 amide bonds. The van der Waals surface area contributed by atoms with E-state index in [0.717, 1.165) is 16.6 Å². The third-order valence-corrected chi connectivity index (χ3v) is 5.40. The Bertz CT molecular complexity index is 796. The summed E-state index contributed by atoms with van der Waals surface area (Å²) in [6.45, 7) is 0. The van der Waals surface area contributed by atoms with Gasteiger partial charge in [0.05, 0.1) is 16.6 Å². The molecule has 0 fully saturated rings. The lowest BCUT2D eigenvalue weighted by Gasteiger charge is -2.25. The highest BCUT2D eigenvalue weighted by Gasteiger charge is 2.21. The molecular weight excluding hydrogens is 300 g/mol. The van der Waals surface area contributed by atoms with Crippen molar-refractivity contribution in [1.29, 1.82) is 0 Å². The summed E-state index contributed by atoms with van der Waals surface area (Å²) in [6, 6.07) is 10.7. The zero-order chi connectivity index (χ0) is 14.2. The maximum atomic E-state index is 6.25. The number of hydrogen-bond acceptors (Lipinski definition) is 3. The van der Waals surface area contributed by atoms with Crippen LogP contribution in [0.1, 0.15) is 29.3 Å². The number of aromatic nitrogens is 1. The topological polar surface area (TPSA) is 24.9 Å². The normalized spacial score (nSPS) is 17.7. The van der Waals surface area contributed by atoms with Gasteiger partial charge in [-0.2, -0.15) is 0 Å². The van der Waals surface area contributed by atoms with Crippen molar-refractivity contribution in [3.05, 3.63) is 57.4 Å². The molecule has 0 saturated carbocycles. The van der Waals surface area contributed by atoms with E-state index in [4.69, 9.17) is 11.6 Å². The van der Waals surface area contributed by atoms with Gasteiger partial charge in [-0.3, -0.25) is 4.98 Å². The molecule has 4 rings (SSSR count). The molecule has 0 saturated heterocycles. The number of nitrogens with one attached hydrogen (secondary N) is 1. The molecule has 0 spiro atoms. The lowest BCUT2D eigenvalue weighted by Crippen LogP contribution is -2.15. The second kappa shape index (κ2) is 5.32. The number of pyridine rings is 1. The molecule has 106 valence electrons. The molecule has 3 aromatic rings. The van der Waals surface area contributed by atoms with Crippen LogP contribution < -0.4 is 5.32 Å². The molecule has 1 N–H and O–H groups in total. The summed E-state index contributed by atoms with van der Waals surface area (Å²) in [5.41, 5.74) is 3.44. The smallest absolute Gasteiger partial charge is 0.0908 e. The van der Waals surface area contributed by atoms with Gasteiger partial charge in [0.1, 0.15) is 0 Å². The van der Waals surface area contributed by atoms with Crippen LogP contribution >= 0.6 is 22.9 Å². The quantitative estimate of drug-likeness (QED) is 0.681. The minimum absolute atomic E-state index is 0.393. The fourth-order valence-corrected chi connectivity index (χ4v) is 4.29. The van der Waals surface area contributed by atoms with Gasteiger partial charge in [0.25, 0.3) is 0 Å². The predicted molar refractivity (Wildman–Crippen MR) is 90.4 cm³/mol. The summed E-state index contributed by atoms with van der Waals surface area (Å²) < 4.78 is 0. The molecule has 1 aliphatic carbocycles. The van der Waals surface area contributed by atoms with Crippen LogP contribution in [0.25, 0.3) is 10.9 Å². The molecule has 4 heteroatoms. The largest absolute Gasteiger partial charge is 0.378 e. The SMILES string of the molecule is Clc1ccc(NC2CCCc3sccc32)c2cccnc12. The Morgan fingerprint density at radius 2 is 2.19 bits per heavy atom. The first-order chi connectivity index (χ1) is 10.3. The highest BCUT2D eigenvalue weighted by Crippen LogP contribution is 2.37. The van der Waals surface area contributed by atoms with Gasteiger partial charge in [0.2, 0.25) is 0 Å². The monoisotopic (exact) mass is 314 g/mol. The van der Waals surface area contributed by atoms with Crippen molar-refractivity contribution in [3.8, 4) is 0 Å². The number of hydrogen-bond donors (Lipinski definition) is 1. The number of benzene rings is 1. The average Bonchev–Trinajstić information content (AvgIpc) is 3.00. The summed E-state index contributed by atoms with van der Waals surface area (Å²) >= 11 is 8.12. The summed E-state index contributed by atoms with van der Waals surface area (Å²) in [4.78, 5) is 5.92. The van der Waals surface area contributed by atoms with E-state index in [1.165, 1.54) is 29.7 Å². The van der Waals surface area contributed by atoms with Crippen LogP contribution in [0.2, 0.25) is 5.02 Å². The van der Waals surface area contributed by atoms with Crippen molar-refractivity contribution in [1.82, 2.24) is 4.98 Å². The van der Waals surface area contributed by atoms with Gasteiger partial charge in [-0.25, -0.2) is 0 Å². The van der Waals surface area contributed by atoms with Gasteiger partial charge in [-0.05, 0) is 60.5 Å². The van der Waals surface area contributed by atoms with Crippen molar-refractivity contribution in [2.45, 2.75) is 25.3 Å². The lowest BCUT2D eigenvalue weighted by molar-refractivity contribution is 0.609. The highest BCUT2D eigenvalue weighted by molar-refractivity contribution is 7.10. The molecule has 2 aromatic heterocycles. The first kappa shape index (κ1) is 13.1. The molecule has 21 heavy (non-hydrogen) atoms. The summed E-state index contributed by atoms with van der Waals surface area (Å²) in [6.07, 6.45) is 5.42. The molecule has 1 atom stereocenters. The Morgan fingerprint density at radius 1 is 1.24 bits per heavy atom. The van der Waals surface area contributed by atoms with Crippen LogP contribution in [-0.2, 0) is 6.42 Å². The molecule has 2 nitrogen and oxygen atoms in total. The van der Waals surface area contributed by atoms with Crippen LogP contribution in [0.3, 0.4) is 0 Å². The van der Waals surface area contributed by atoms with E-state index in [1.54, 1.807) is 6.20 Å².